The van der Waals surface area contributed by atoms with E-state index in [9.17, 15) is 0 Å². The van der Waals surface area contributed by atoms with Gasteiger partial charge < -0.3 is 8.39 Å². The molecule has 0 saturated carbocycles. The maximum absolute atomic E-state index is 6.83. The van der Waals surface area contributed by atoms with Crippen molar-refractivity contribution in [2.75, 3.05) is 4.67 Å². The fourth-order valence-corrected chi connectivity index (χ4v) is 7.39. The molecule has 7 aromatic rings. The second-order valence-corrected chi connectivity index (χ2v) is 11.7. The van der Waals surface area contributed by atoms with Crippen LogP contribution in [0.4, 0.5) is 0 Å². The first-order valence-corrected chi connectivity index (χ1v) is 14.9. The van der Waals surface area contributed by atoms with Crippen LogP contribution >= 0.6 is 8.16 Å². The Balaban J connectivity index is 1.46. The van der Waals surface area contributed by atoms with E-state index in [4.69, 9.17) is 8.39 Å². The molecule has 196 valence electrons. The van der Waals surface area contributed by atoms with Gasteiger partial charge in [-0.15, -0.1) is 0 Å². The van der Waals surface area contributed by atoms with Gasteiger partial charge in [0.25, 0.3) is 0 Å². The third-order valence-corrected chi connectivity index (χ3v) is 9.69. The molecule has 0 aliphatic rings. The molecule has 4 heteroatoms. The fraction of sp³-hybridized carbons (Fsp3) is 0.111. The molecule has 0 unspecified atom stereocenters. The van der Waals surface area contributed by atoms with Crippen LogP contribution in [-0.4, -0.2) is 0 Å². The van der Waals surface area contributed by atoms with Crippen LogP contribution < -0.4 is 4.67 Å². The van der Waals surface area contributed by atoms with E-state index in [0.29, 0.717) is 0 Å². The molecule has 7 rings (SSSR count). The Hall–Kier alpha value is -4.30. The van der Waals surface area contributed by atoms with Gasteiger partial charge >= 0.3 is 8.16 Å². The zero-order valence-corrected chi connectivity index (χ0v) is 23.5. The summed E-state index contributed by atoms with van der Waals surface area (Å²) in [5.41, 5.74) is 4.15. The predicted molar refractivity (Wildman–Crippen MR) is 169 cm³/mol. The van der Waals surface area contributed by atoms with Gasteiger partial charge in [0.05, 0.1) is 0 Å². The number of hydrogen-bond donors (Lipinski definition) is 0. The minimum Gasteiger partial charge on any atom is -0.408 e. The lowest BCUT2D eigenvalue weighted by Gasteiger charge is -2.32. The van der Waals surface area contributed by atoms with Gasteiger partial charge in [0.15, 0.2) is 0 Å². The first kappa shape index (κ1) is 24.7. The van der Waals surface area contributed by atoms with Crippen molar-refractivity contribution in [3.63, 3.8) is 0 Å². The molecule has 0 bridgehead atoms. The highest BCUT2D eigenvalue weighted by Crippen LogP contribution is 2.46. The minimum absolute atomic E-state index is 0.0228. The van der Waals surface area contributed by atoms with E-state index < -0.39 is 8.16 Å². The van der Waals surface area contributed by atoms with Gasteiger partial charge in [0.2, 0.25) is 0 Å². The highest BCUT2D eigenvalue weighted by atomic mass is 31.1. The average Bonchev–Trinajstić information content (AvgIpc) is 3.17. The molecule has 40 heavy (non-hydrogen) atoms. The number of rotatable bonds is 5. The van der Waals surface area contributed by atoms with Gasteiger partial charge in [-0.3, -0.25) is 0 Å². The summed E-state index contributed by atoms with van der Waals surface area (Å²) in [6.45, 7) is 4.53. The molecule has 3 nitrogen and oxygen atoms in total. The Labute approximate surface area is 234 Å². The standard InChI is InChI=1S/C36H30NO2P/c1-25(29-21-19-27-11-3-5-13-31(27)23-29)37(26(2)30-22-20-28-12-4-6-14-32(28)24-30)40-38-35-17-9-7-15-33(35)34-16-8-10-18-36(34)39-40/h3-26H,1-2H3/t25-,26-/m1/s1. The van der Waals surface area contributed by atoms with Crippen molar-refractivity contribution in [2.24, 2.45) is 0 Å². The van der Waals surface area contributed by atoms with E-state index in [2.05, 4.69) is 140 Å². The largest absolute Gasteiger partial charge is 0.408 e. The zero-order valence-electron chi connectivity index (χ0n) is 22.6. The lowest BCUT2D eigenvalue weighted by atomic mass is 9.99. The maximum Gasteiger partial charge on any atom is 0.310 e. The first-order chi connectivity index (χ1) is 19.7. The number of fused-ring (bicyclic) bond motifs is 5. The molecule has 1 heterocycles. The number of para-hydroxylation sites is 2. The highest BCUT2D eigenvalue weighted by molar-refractivity contribution is 7.39. The van der Waals surface area contributed by atoms with Crippen molar-refractivity contribution in [3.8, 4) is 0 Å². The summed E-state index contributed by atoms with van der Waals surface area (Å²) in [5, 5.41) is 7.05. The van der Waals surface area contributed by atoms with Gasteiger partial charge in [-0.1, -0.05) is 109 Å². The van der Waals surface area contributed by atoms with E-state index in [1.807, 2.05) is 12.1 Å². The van der Waals surface area contributed by atoms with E-state index in [0.717, 1.165) is 21.9 Å². The second kappa shape index (κ2) is 10.4. The molecule has 2 atom stereocenters. The molecule has 6 aromatic carbocycles. The third-order valence-electron chi connectivity index (χ3n) is 7.91. The molecular formula is C36H30NO2P. The average molecular weight is 540 g/mol. The molecule has 0 aliphatic carbocycles. The van der Waals surface area contributed by atoms with E-state index >= 15 is 0 Å². The van der Waals surface area contributed by atoms with Crippen LogP contribution in [0.15, 0.2) is 142 Å². The quantitative estimate of drug-likeness (QED) is 0.218. The van der Waals surface area contributed by atoms with Crippen LogP contribution in [0.3, 0.4) is 0 Å². The monoisotopic (exact) mass is 539 g/mol. The van der Waals surface area contributed by atoms with Crippen LogP contribution in [-0.2, 0) is 0 Å². The van der Waals surface area contributed by atoms with Gasteiger partial charge in [0.1, 0.15) is 11.2 Å². The smallest absolute Gasteiger partial charge is 0.310 e. The summed E-state index contributed by atoms with van der Waals surface area (Å²) in [6.07, 6.45) is 0. The Morgan fingerprint density at radius 2 is 0.875 bits per heavy atom. The summed E-state index contributed by atoms with van der Waals surface area (Å²) in [7, 11) is -1.51. The van der Waals surface area contributed by atoms with Crippen molar-refractivity contribution >= 4 is 51.6 Å². The van der Waals surface area contributed by atoms with E-state index in [1.165, 1.54) is 32.7 Å². The molecule has 0 amide bonds. The second-order valence-electron chi connectivity index (χ2n) is 10.4. The van der Waals surface area contributed by atoms with Crippen LogP contribution in [0.5, 0.6) is 0 Å². The number of nitrogens with zero attached hydrogens (tertiary/aromatic N) is 1. The maximum atomic E-state index is 6.83. The summed E-state index contributed by atoms with van der Waals surface area (Å²) >= 11 is 0. The van der Waals surface area contributed by atoms with Crippen LogP contribution in [0.2, 0.25) is 0 Å². The lowest BCUT2D eigenvalue weighted by Crippen LogP contribution is -2.27. The van der Waals surface area contributed by atoms with Gasteiger partial charge in [-0.25, -0.2) is 0 Å². The molecule has 0 spiro atoms. The van der Waals surface area contributed by atoms with Gasteiger partial charge in [0, 0.05) is 22.9 Å². The lowest BCUT2D eigenvalue weighted by molar-refractivity contribution is 0.559. The normalized spacial score (nSPS) is 13.3. The summed E-state index contributed by atoms with van der Waals surface area (Å²) in [6, 6.07) is 47.1. The Morgan fingerprint density at radius 1 is 0.475 bits per heavy atom. The van der Waals surface area contributed by atoms with E-state index in [1.54, 1.807) is 0 Å². The molecule has 0 N–H and O–H groups in total. The summed E-state index contributed by atoms with van der Waals surface area (Å²) in [4.78, 5) is 0. The molecule has 0 aliphatic heterocycles. The van der Waals surface area contributed by atoms with Crippen molar-refractivity contribution < 1.29 is 8.39 Å². The fourth-order valence-electron chi connectivity index (χ4n) is 5.68. The molecule has 0 saturated heterocycles. The highest BCUT2D eigenvalue weighted by Gasteiger charge is 2.29. The van der Waals surface area contributed by atoms with Crippen LogP contribution in [0.25, 0.3) is 43.5 Å². The molecule has 0 fully saturated rings. The Kier molecular flexibility index (Phi) is 6.40. The first-order valence-electron chi connectivity index (χ1n) is 13.8. The Bertz CT molecular complexity index is 1890. The summed E-state index contributed by atoms with van der Waals surface area (Å²) < 4.78 is 16.1. The van der Waals surface area contributed by atoms with Crippen LogP contribution in [0.1, 0.15) is 37.1 Å². The molecule has 0 radical (unpaired) electrons. The Morgan fingerprint density at radius 3 is 1.35 bits per heavy atom. The van der Waals surface area contributed by atoms with Crippen LogP contribution in [0, 0.1) is 0 Å². The van der Waals surface area contributed by atoms with Gasteiger partial charge in [-0.05, 0) is 70.8 Å². The SMILES string of the molecule is C[C@H](c1ccc2ccccc2c1)N([C@H](C)c1ccc2ccccc2c1)p1oc2ccccc2c2ccccc2o1. The summed E-state index contributed by atoms with van der Waals surface area (Å²) in [5.74, 6) is 0. The van der Waals surface area contributed by atoms with E-state index in [-0.39, 0.29) is 12.1 Å². The zero-order chi connectivity index (χ0) is 27.1. The number of benzene rings is 6. The topological polar surface area (TPSA) is 29.5 Å². The predicted octanol–water partition coefficient (Wildman–Crippen LogP) is 11.1. The van der Waals surface area contributed by atoms with Crippen molar-refractivity contribution in [3.05, 3.63) is 145 Å². The van der Waals surface area contributed by atoms with Crippen molar-refractivity contribution in [2.45, 2.75) is 25.9 Å². The minimum atomic E-state index is -1.51. The molecular weight excluding hydrogens is 509 g/mol. The van der Waals surface area contributed by atoms with Gasteiger partial charge in [-0.2, -0.15) is 4.67 Å². The number of hydrogen-bond acceptors (Lipinski definition) is 3. The van der Waals surface area contributed by atoms with Crippen molar-refractivity contribution in [1.82, 2.24) is 0 Å². The third kappa shape index (κ3) is 4.48. The molecule has 1 aromatic heterocycles. The van der Waals surface area contributed by atoms with Crippen molar-refractivity contribution in [1.29, 1.82) is 0 Å².